The molecule has 3 heterocycles. The lowest BCUT2D eigenvalue weighted by molar-refractivity contribution is -0.123. The molecule has 162 valence electrons. The number of nitrogens with one attached hydrogen (secondary N) is 2. The summed E-state index contributed by atoms with van der Waals surface area (Å²) in [7, 11) is 0. The Morgan fingerprint density at radius 3 is 2.71 bits per heavy atom. The van der Waals surface area contributed by atoms with E-state index in [-0.39, 0.29) is 34.8 Å². The molecule has 3 aromatic rings. The van der Waals surface area contributed by atoms with Crippen LogP contribution in [0.5, 0.6) is 0 Å². The number of carbonyl (C=O) groups is 1. The number of Topliss-reactive ketones (excluding diaryl/α,β-unsaturated/α-hetero) is 1. The molecular formula is C22H24F2N6O. The molecule has 2 fully saturated rings. The molecule has 2 aliphatic rings. The number of anilines is 1. The topological polar surface area (TPSA) is 96.5 Å². The molecule has 2 atom stereocenters. The zero-order valence-electron chi connectivity index (χ0n) is 17.3. The summed E-state index contributed by atoms with van der Waals surface area (Å²) >= 11 is 0. The Morgan fingerprint density at radius 1 is 1.16 bits per heavy atom. The van der Waals surface area contributed by atoms with E-state index in [1.807, 2.05) is 0 Å². The Labute approximate surface area is 178 Å². The van der Waals surface area contributed by atoms with Crippen molar-refractivity contribution in [3.8, 4) is 11.5 Å². The Bertz CT molecular complexity index is 1140. The van der Waals surface area contributed by atoms with Gasteiger partial charge >= 0.3 is 0 Å². The molecule has 9 heteroatoms. The second-order valence-corrected chi connectivity index (χ2v) is 8.81. The lowest BCUT2D eigenvalue weighted by Crippen LogP contribution is -2.49. The summed E-state index contributed by atoms with van der Waals surface area (Å²) in [6, 6.07) is 1.12. The summed E-state index contributed by atoms with van der Waals surface area (Å²) in [5.41, 5.74) is 0.679. The van der Waals surface area contributed by atoms with Gasteiger partial charge in [0.25, 0.3) is 0 Å². The third-order valence-corrected chi connectivity index (χ3v) is 7.00. The van der Waals surface area contributed by atoms with Crippen LogP contribution in [-0.2, 0) is 4.79 Å². The maximum absolute atomic E-state index is 14.8. The molecule has 0 aromatic carbocycles. The quantitative estimate of drug-likeness (QED) is 0.641. The van der Waals surface area contributed by atoms with Crippen LogP contribution in [0.2, 0.25) is 0 Å². The van der Waals surface area contributed by atoms with Crippen LogP contribution in [0.25, 0.3) is 22.6 Å². The molecule has 0 saturated heterocycles. The first kappa shape index (κ1) is 20.0. The number of pyridine rings is 1. The monoisotopic (exact) mass is 426 g/mol. The van der Waals surface area contributed by atoms with Crippen molar-refractivity contribution in [3.05, 3.63) is 30.1 Å². The zero-order valence-corrected chi connectivity index (χ0v) is 17.3. The van der Waals surface area contributed by atoms with Crippen molar-refractivity contribution >= 4 is 22.6 Å². The first-order valence-corrected chi connectivity index (χ1v) is 10.8. The van der Waals surface area contributed by atoms with Gasteiger partial charge in [0.2, 0.25) is 0 Å². The Balaban J connectivity index is 1.54. The predicted molar refractivity (Wildman–Crippen MR) is 111 cm³/mol. The fraction of sp³-hybridized carbons (Fsp3) is 0.500. The minimum atomic E-state index is -0.589. The molecule has 2 aliphatic carbocycles. The standard InChI is InChI=1S/C22H24F2N6O/c1-12(31)14-5-4-8-22(6-2-3-7-22)18(14)27-20-16(24)11-26-21(28-20)17-15-9-13(23)10-25-19(15)30-29-17/h9-11,14,18H,2-8H2,1H3,(H,25,29,30)(H,26,27,28)/t14-,18?/m1/s1. The van der Waals surface area contributed by atoms with Crippen molar-refractivity contribution in [2.24, 2.45) is 11.3 Å². The molecule has 3 aromatic heterocycles. The molecular weight excluding hydrogens is 402 g/mol. The average molecular weight is 426 g/mol. The van der Waals surface area contributed by atoms with Crippen LogP contribution in [0.1, 0.15) is 51.9 Å². The second kappa shape index (κ2) is 7.62. The molecule has 0 amide bonds. The molecule has 0 radical (unpaired) electrons. The van der Waals surface area contributed by atoms with Gasteiger partial charge in [-0.2, -0.15) is 5.10 Å². The Morgan fingerprint density at radius 2 is 1.94 bits per heavy atom. The van der Waals surface area contributed by atoms with Gasteiger partial charge in [-0.05, 0) is 44.1 Å². The fourth-order valence-electron chi connectivity index (χ4n) is 5.53. The summed E-state index contributed by atoms with van der Waals surface area (Å²) in [4.78, 5) is 24.9. The summed E-state index contributed by atoms with van der Waals surface area (Å²) in [5.74, 6) is -0.931. The van der Waals surface area contributed by atoms with E-state index in [1.165, 1.54) is 6.07 Å². The molecule has 31 heavy (non-hydrogen) atoms. The smallest absolute Gasteiger partial charge is 0.183 e. The number of carbonyl (C=O) groups excluding carboxylic acids is 1. The number of fused-ring (bicyclic) bond motifs is 1. The highest BCUT2D eigenvalue weighted by atomic mass is 19.1. The van der Waals surface area contributed by atoms with E-state index in [9.17, 15) is 13.6 Å². The van der Waals surface area contributed by atoms with Gasteiger partial charge in [-0.25, -0.2) is 23.7 Å². The summed E-state index contributed by atoms with van der Waals surface area (Å²) in [6.07, 6.45) is 9.33. The van der Waals surface area contributed by atoms with E-state index in [4.69, 9.17) is 0 Å². The molecule has 5 rings (SSSR count). The van der Waals surface area contributed by atoms with Crippen molar-refractivity contribution < 1.29 is 13.6 Å². The highest BCUT2D eigenvalue weighted by Crippen LogP contribution is 2.52. The summed E-state index contributed by atoms with van der Waals surface area (Å²) < 4.78 is 28.5. The van der Waals surface area contributed by atoms with Crippen molar-refractivity contribution in [3.63, 3.8) is 0 Å². The van der Waals surface area contributed by atoms with Crippen molar-refractivity contribution in [1.29, 1.82) is 0 Å². The van der Waals surface area contributed by atoms with Crippen LogP contribution in [-0.4, -0.2) is 37.0 Å². The number of ketones is 1. The van der Waals surface area contributed by atoms with E-state index < -0.39 is 11.6 Å². The Kier molecular flexibility index (Phi) is 4.91. The van der Waals surface area contributed by atoms with E-state index in [1.54, 1.807) is 6.92 Å². The van der Waals surface area contributed by atoms with E-state index >= 15 is 0 Å². The third kappa shape index (κ3) is 3.45. The summed E-state index contributed by atoms with van der Waals surface area (Å²) in [6.45, 7) is 1.62. The zero-order chi connectivity index (χ0) is 21.6. The molecule has 1 unspecified atom stereocenters. The van der Waals surface area contributed by atoms with Gasteiger partial charge in [0.1, 0.15) is 17.3 Å². The van der Waals surface area contributed by atoms with Gasteiger partial charge in [-0.3, -0.25) is 9.89 Å². The maximum atomic E-state index is 14.8. The first-order valence-electron chi connectivity index (χ1n) is 10.8. The minimum Gasteiger partial charge on any atom is -0.363 e. The van der Waals surface area contributed by atoms with Gasteiger partial charge in [0, 0.05) is 12.0 Å². The lowest BCUT2D eigenvalue weighted by atomic mass is 9.63. The number of H-pyrrole nitrogens is 1. The predicted octanol–water partition coefficient (Wildman–Crippen LogP) is 4.42. The van der Waals surface area contributed by atoms with Crippen molar-refractivity contribution in [1.82, 2.24) is 25.1 Å². The van der Waals surface area contributed by atoms with Crippen LogP contribution >= 0.6 is 0 Å². The molecule has 1 spiro atoms. The molecule has 0 aliphatic heterocycles. The second-order valence-electron chi connectivity index (χ2n) is 8.81. The average Bonchev–Trinajstić information content (AvgIpc) is 3.38. The van der Waals surface area contributed by atoms with E-state index in [0.29, 0.717) is 16.7 Å². The van der Waals surface area contributed by atoms with Gasteiger partial charge in [0.15, 0.2) is 23.1 Å². The number of halogens is 2. The first-order chi connectivity index (χ1) is 15.0. The van der Waals surface area contributed by atoms with Crippen LogP contribution < -0.4 is 5.32 Å². The highest BCUT2D eigenvalue weighted by Gasteiger charge is 2.48. The largest absolute Gasteiger partial charge is 0.363 e. The number of hydrogen-bond acceptors (Lipinski definition) is 6. The van der Waals surface area contributed by atoms with Gasteiger partial charge in [0.05, 0.1) is 17.8 Å². The van der Waals surface area contributed by atoms with Crippen molar-refractivity contribution in [2.75, 3.05) is 5.32 Å². The molecule has 2 N–H and O–H groups in total. The van der Waals surface area contributed by atoms with Crippen LogP contribution in [0.3, 0.4) is 0 Å². The number of nitrogens with zero attached hydrogens (tertiary/aromatic N) is 4. The lowest BCUT2D eigenvalue weighted by Gasteiger charge is -2.46. The van der Waals surface area contributed by atoms with Gasteiger partial charge in [-0.15, -0.1) is 0 Å². The van der Waals surface area contributed by atoms with Crippen LogP contribution in [0, 0.1) is 23.0 Å². The number of aromatic nitrogens is 5. The van der Waals surface area contributed by atoms with E-state index in [2.05, 4.69) is 30.5 Å². The van der Waals surface area contributed by atoms with Crippen molar-refractivity contribution in [2.45, 2.75) is 57.9 Å². The maximum Gasteiger partial charge on any atom is 0.183 e. The Hall–Kier alpha value is -2.97. The highest BCUT2D eigenvalue weighted by molar-refractivity contribution is 5.88. The van der Waals surface area contributed by atoms with Crippen LogP contribution in [0.4, 0.5) is 14.6 Å². The third-order valence-electron chi connectivity index (χ3n) is 7.00. The van der Waals surface area contributed by atoms with Gasteiger partial charge < -0.3 is 5.32 Å². The fourth-order valence-corrected chi connectivity index (χ4v) is 5.53. The van der Waals surface area contributed by atoms with Crippen LogP contribution in [0.15, 0.2) is 18.5 Å². The van der Waals surface area contributed by atoms with E-state index in [0.717, 1.165) is 57.3 Å². The number of hydrogen-bond donors (Lipinski definition) is 2. The minimum absolute atomic E-state index is 0.0157. The molecule has 0 bridgehead atoms. The molecule has 2 saturated carbocycles. The summed E-state index contributed by atoms with van der Waals surface area (Å²) in [5, 5.41) is 10.6. The SMILES string of the molecule is CC(=O)[C@H]1CCCC2(CCCC2)C1Nc1nc(-c2n[nH]c3ncc(F)cc23)ncc1F. The normalized spacial score (nSPS) is 22.8. The molecule has 7 nitrogen and oxygen atoms in total. The number of aromatic amines is 1. The number of rotatable bonds is 4. The van der Waals surface area contributed by atoms with Gasteiger partial charge in [-0.1, -0.05) is 19.3 Å².